The summed E-state index contributed by atoms with van der Waals surface area (Å²) >= 11 is 1.57. The van der Waals surface area contributed by atoms with E-state index in [4.69, 9.17) is 5.73 Å². The Bertz CT molecular complexity index is 365. The molecule has 0 aliphatic rings. The molecule has 1 aromatic rings. The first-order valence-corrected chi connectivity index (χ1v) is 6.00. The molecule has 0 fully saturated rings. The lowest BCUT2D eigenvalue weighted by molar-refractivity contribution is -0.119. The van der Waals surface area contributed by atoms with E-state index in [2.05, 4.69) is 15.5 Å². The molecule has 0 aliphatic heterocycles. The fraction of sp³-hybridized carbons (Fsp3) is 0.667. The van der Waals surface area contributed by atoms with Gasteiger partial charge in [0.25, 0.3) is 0 Å². The van der Waals surface area contributed by atoms with Crippen molar-refractivity contribution in [2.75, 3.05) is 12.8 Å². The molecule has 1 amide bonds. The van der Waals surface area contributed by atoms with Gasteiger partial charge in [0.05, 0.1) is 6.04 Å². The molecule has 0 radical (unpaired) electrons. The van der Waals surface area contributed by atoms with Gasteiger partial charge in [-0.1, -0.05) is 11.8 Å². The molecule has 0 saturated heterocycles. The van der Waals surface area contributed by atoms with Crippen LogP contribution in [0.4, 0.5) is 0 Å². The van der Waals surface area contributed by atoms with Gasteiger partial charge in [-0.15, -0.1) is 10.2 Å². The highest BCUT2D eigenvalue weighted by Crippen LogP contribution is 2.16. The van der Waals surface area contributed by atoms with E-state index in [9.17, 15) is 4.79 Å². The number of amides is 1. The molecule has 16 heavy (non-hydrogen) atoms. The van der Waals surface area contributed by atoms with Gasteiger partial charge in [0.1, 0.15) is 5.82 Å². The zero-order chi connectivity index (χ0) is 12.1. The quantitative estimate of drug-likeness (QED) is 0.669. The number of rotatable bonds is 6. The number of primary amides is 1. The number of nitrogens with zero attached hydrogens (tertiary/aromatic N) is 3. The van der Waals surface area contributed by atoms with Gasteiger partial charge in [-0.25, -0.2) is 0 Å². The van der Waals surface area contributed by atoms with E-state index in [1.165, 1.54) is 0 Å². The first-order chi connectivity index (χ1) is 7.56. The van der Waals surface area contributed by atoms with Crippen molar-refractivity contribution in [2.24, 2.45) is 12.8 Å². The average molecular weight is 243 g/mol. The van der Waals surface area contributed by atoms with E-state index in [1.54, 1.807) is 18.8 Å². The lowest BCUT2D eigenvalue weighted by Crippen LogP contribution is -2.39. The van der Waals surface area contributed by atoms with Crippen LogP contribution in [0.3, 0.4) is 0 Å². The van der Waals surface area contributed by atoms with E-state index in [-0.39, 0.29) is 11.9 Å². The number of carbonyl (C=O) groups excluding carboxylic acids is 1. The third-order valence-corrected chi connectivity index (χ3v) is 3.44. The molecule has 0 saturated carbocycles. The van der Waals surface area contributed by atoms with Crippen LogP contribution in [-0.4, -0.2) is 39.5 Å². The Morgan fingerprint density at radius 2 is 2.31 bits per heavy atom. The SMILES string of the molecule is CNC(CCSc1nnc(C)n1C)C(N)=O. The second-order valence-electron chi connectivity index (χ2n) is 3.47. The second-order valence-corrected chi connectivity index (χ2v) is 4.53. The molecule has 7 heteroatoms. The summed E-state index contributed by atoms with van der Waals surface area (Å²) in [4.78, 5) is 11.0. The molecule has 3 N–H and O–H groups in total. The number of carbonyl (C=O) groups is 1. The van der Waals surface area contributed by atoms with E-state index in [0.29, 0.717) is 6.42 Å². The van der Waals surface area contributed by atoms with Gasteiger partial charge in [-0.05, 0) is 20.4 Å². The van der Waals surface area contributed by atoms with E-state index < -0.39 is 0 Å². The summed E-state index contributed by atoms with van der Waals surface area (Å²) in [5.74, 6) is 1.33. The van der Waals surface area contributed by atoms with Gasteiger partial charge in [0, 0.05) is 12.8 Å². The first-order valence-electron chi connectivity index (χ1n) is 5.01. The van der Waals surface area contributed by atoms with Crippen molar-refractivity contribution in [2.45, 2.75) is 24.5 Å². The fourth-order valence-electron chi connectivity index (χ4n) is 1.21. The maximum absolute atomic E-state index is 11.0. The van der Waals surface area contributed by atoms with Crippen LogP contribution in [0.1, 0.15) is 12.2 Å². The molecule has 0 aliphatic carbocycles. The molecular formula is C9H17N5OS. The zero-order valence-electron chi connectivity index (χ0n) is 9.73. The van der Waals surface area contributed by atoms with Crippen molar-refractivity contribution in [3.8, 4) is 0 Å². The maximum atomic E-state index is 11.0. The highest BCUT2D eigenvalue weighted by atomic mass is 32.2. The van der Waals surface area contributed by atoms with Gasteiger partial charge >= 0.3 is 0 Å². The minimum Gasteiger partial charge on any atom is -0.368 e. The van der Waals surface area contributed by atoms with Gasteiger partial charge < -0.3 is 15.6 Å². The van der Waals surface area contributed by atoms with Crippen molar-refractivity contribution >= 4 is 17.7 Å². The number of nitrogens with two attached hydrogens (primary N) is 1. The first kappa shape index (κ1) is 13.0. The normalized spacial score (nSPS) is 12.7. The van der Waals surface area contributed by atoms with Crippen LogP contribution < -0.4 is 11.1 Å². The zero-order valence-corrected chi connectivity index (χ0v) is 10.5. The van der Waals surface area contributed by atoms with Crippen LogP contribution in [-0.2, 0) is 11.8 Å². The van der Waals surface area contributed by atoms with Crippen LogP contribution in [0.25, 0.3) is 0 Å². The molecule has 0 bridgehead atoms. The Kier molecular flexibility index (Phi) is 4.75. The van der Waals surface area contributed by atoms with Gasteiger partial charge in [0.15, 0.2) is 5.16 Å². The number of likely N-dealkylation sites (N-methyl/N-ethyl adjacent to an activating group) is 1. The van der Waals surface area contributed by atoms with Crippen molar-refractivity contribution in [3.05, 3.63) is 5.82 Å². The minimum atomic E-state index is -0.322. The van der Waals surface area contributed by atoms with Crippen molar-refractivity contribution < 1.29 is 4.79 Å². The Labute approximate surface area is 99.0 Å². The third-order valence-electron chi connectivity index (χ3n) is 2.38. The third kappa shape index (κ3) is 3.21. The van der Waals surface area contributed by atoms with Gasteiger partial charge in [0.2, 0.25) is 5.91 Å². The van der Waals surface area contributed by atoms with Gasteiger partial charge in [-0.3, -0.25) is 4.79 Å². The monoisotopic (exact) mass is 243 g/mol. The summed E-state index contributed by atoms with van der Waals surface area (Å²) in [6.07, 6.45) is 0.683. The molecular weight excluding hydrogens is 226 g/mol. The van der Waals surface area contributed by atoms with Crippen LogP contribution >= 0.6 is 11.8 Å². The highest BCUT2D eigenvalue weighted by Gasteiger charge is 2.13. The Hall–Kier alpha value is -1.08. The average Bonchev–Trinajstić information content (AvgIpc) is 2.55. The Morgan fingerprint density at radius 1 is 1.62 bits per heavy atom. The summed E-state index contributed by atoms with van der Waals surface area (Å²) in [7, 11) is 3.65. The molecule has 1 heterocycles. The molecule has 0 aromatic carbocycles. The number of nitrogens with one attached hydrogen (secondary N) is 1. The standard InChI is InChI=1S/C9H17N5OS/c1-6-12-13-9(14(6)3)16-5-4-7(11-2)8(10)15/h7,11H,4-5H2,1-3H3,(H2,10,15). The molecule has 1 unspecified atom stereocenters. The summed E-state index contributed by atoms with van der Waals surface area (Å²) in [6.45, 7) is 1.90. The topological polar surface area (TPSA) is 85.8 Å². The second kappa shape index (κ2) is 5.86. The predicted molar refractivity (Wildman–Crippen MR) is 63.1 cm³/mol. The number of hydrogen-bond donors (Lipinski definition) is 2. The molecule has 1 aromatic heterocycles. The summed E-state index contributed by atoms with van der Waals surface area (Å²) < 4.78 is 1.92. The van der Waals surface area contributed by atoms with E-state index in [0.717, 1.165) is 16.7 Å². The summed E-state index contributed by atoms with van der Waals surface area (Å²) in [5, 5.41) is 11.7. The highest BCUT2D eigenvalue weighted by molar-refractivity contribution is 7.99. The Balaban J connectivity index is 2.41. The van der Waals surface area contributed by atoms with Gasteiger partial charge in [-0.2, -0.15) is 0 Å². The molecule has 1 atom stereocenters. The fourth-order valence-corrected chi connectivity index (χ4v) is 2.17. The molecule has 0 spiro atoms. The largest absolute Gasteiger partial charge is 0.368 e. The minimum absolute atomic E-state index is 0.276. The lowest BCUT2D eigenvalue weighted by Gasteiger charge is -2.10. The molecule has 90 valence electrons. The van der Waals surface area contributed by atoms with Crippen LogP contribution in [0.5, 0.6) is 0 Å². The van der Waals surface area contributed by atoms with E-state index in [1.807, 2.05) is 18.5 Å². The van der Waals surface area contributed by atoms with Crippen molar-refractivity contribution in [1.82, 2.24) is 20.1 Å². The van der Waals surface area contributed by atoms with E-state index >= 15 is 0 Å². The lowest BCUT2D eigenvalue weighted by atomic mass is 10.2. The summed E-state index contributed by atoms with van der Waals surface area (Å²) in [6, 6.07) is -0.276. The number of aryl methyl sites for hydroxylation is 1. The number of hydrogen-bond acceptors (Lipinski definition) is 5. The van der Waals surface area contributed by atoms with Crippen LogP contribution in [0.15, 0.2) is 5.16 Å². The number of aromatic nitrogens is 3. The smallest absolute Gasteiger partial charge is 0.234 e. The maximum Gasteiger partial charge on any atom is 0.234 e. The van der Waals surface area contributed by atoms with Crippen molar-refractivity contribution in [1.29, 1.82) is 0 Å². The van der Waals surface area contributed by atoms with Crippen LogP contribution in [0.2, 0.25) is 0 Å². The Morgan fingerprint density at radius 3 is 2.75 bits per heavy atom. The predicted octanol–water partition coefficient (Wildman–Crippen LogP) is -0.321. The summed E-state index contributed by atoms with van der Waals surface area (Å²) in [5.41, 5.74) is 5.22. The number of thioether (sulfide) groups is 1. The molecule has 6 nitrogen and oxygen atoms in total. The molecule has 1 rings (SSSR count). The van der Waals surface area contributed by atoms with Crippen LogP contribution in [0, 0.1) is 6.92 Å². The van der Waals surface area contributed by atoms with Crippen molar-refractivity contribution in [3.63, 3.8) is 0 Å².